The molecule has 0 saturated heterocycles. The summed E-state index contributed by atoms with van der Waals surface area (Å²) in [6, 6.07) is 0.275. The molecule has 0 unspecified atom stereocenters. The van der Waals surface area contributed by atoms with Crippen LogP contribution in [0.15, 0.2) is 0 Å². The quantitative estimate of drug-likeness (QED) is 0.717. The number of rotatable bonds is 2. The van der Waals surface area contributed by atoms with E-state index in [0.29, 0.717) is 5.92 Å². The molecule has 4 heteroatoms. The Morgan fingerprint density at radius 1 is 1.47 bits per heavy atom. The van der Waals surface area contributed by atoms with Gasteiger partial charge < -0.3 is 10.1 Å². The Hall–Kier alpha value is -0.380. The molecule has 15 heavy (non-hydrogen) atoms. The highest BCUT2D eigenvalue weighted by Gasteiger charge is 2.26. The molecule has 0 spiro atoms. The van der Waals surface area contributed by atoms with Crippen LogP contribution in [-0.2, 0) is 4.74 Å². The van der Waals surface area contributed by atoms with Crippen molar-refractivity contribution < 1.29 is 9.53 Å². The Morgan fingerprint density at radius 3 is 2.60 bits per heavy atom. The number of hydrogen-bond acceptors (Lipinski definition) is 3. The maximum Gasteiger partial charge on any atom is 0.407 e. The number of hydrogen-bond donors (Lipinski definition) is 2. The second-order valence-corrected chi connectivity index (χ2v) is 5.57. The van der Waals surface area contributed by atoms with Crippen molar-refractivity contribution in [3.05, 3.63) is 0 Å². The number of carbonyl (C=O) groups excluding carboxylic acids is 1. The van der Waals surface area contributed by atoms with E-state index in [-0.39, 0.29) is 12.1 Å². The van der Waals surface area contributed by atoms with Gasteiger partial charge in [-0.15, -0.1) is 0 Å². The molecule has 0 heterocycles. The number of amides is 1. The zero-order valence-corrected chi connectivity index (χ0v) is 10.6. The minimum atomic E-state index is -0.411. The van der Waals surface area contributed by atoms with Gasteiger partial charge in [0, 0.05) is 6.04 Å². The molecule has 1 saturated carbocycles. The molecule has 1 aliphatic rings. The summed E-state index contributed by atoms with van der Waals surface area (Å²) in [6.07, 6.45) is 2.93. The van der Waals surface area contributed by atoms with Crippen molar-refractivity contribution in [2.24, 2.45) is 5.92 Å². The lowest BCUT2D eigenvalue weighted by atomic mass is 10.1. The second-order valence-electron chi connectivity index (χ2n) is 5.20. The molecule has 1 fully saturated rings. The first-order valence-electron chi connectivity index (χ1n) is 5.51. The van der Waals surface area contributed by atoms with Crippen LogP contribution in [0.2, 0.25) is 0 Å². The van der Waals surface area contributed by atoms with Crippen molar-refractivity contribution in [3.8, 4) is 0 Å². The number of ether oxygens (including phenoxy) is 1. The van der Waals surface area contributed by atoms with E-state index in [2.05, 4.69) is 17.9 Å². The molecule has 0 aromatic rings. The third kappa shape index (κ3) is 4.78. The van der Waals surface area contributed by atoms with Crippen molar-refractivity contribution in [2.45, 2.75) is 51.7 Å². The van der Waals surface area contributed by atoms with Crippen molar-refractivity contribution in [2.75, 3.05) is 5.75 Å². The topological polar surface area (TPSA) is 38.3 Å². The molecule has 2 atom stereocenters. The average molecular weight is 231 g/mol. The van der Waals surface area contributed by atoms with Gasteiger partial charge in [0.05, 0.1) is 0 Å². The van der Waals surface area contributed by atoms with Crippen molar-refractivity contribution >= 4 is 18.7 Å². The van der Waals surface area contributed by atoms with Crippen LogP contribution in [0.3, 0.4) is 0 Å². The van der Waals surface area contributed by atoms with E-state index in [9.17, 15) is 4.79 Å². The van der Waals surface area contributed by atoms with E-state index in [0.717, 1.165) is 25.0 Å². The Balaban J connectivity index is 2.28. The molecule has 3 nitrogen and oxygen atoms in total. The molecule has 1 aliphatic carbocycles. The van der Waals surface area contributed by atoms with Gasteiger partial charge in [0.1, 0.15) is 5.60 Å². The number of carbonyl (C=O) groups is 1. The first-order valence-corrected chi connectivity index (χ1v) is 6.14. The highest BCUT2D eigenvalue weighted by molar-refractivity contribution is 7.80. The molecule has 1 rings (SSSR count). The van der Waals surface area contributed by atoms with Gasteiger partial charge >= 0.3 is 6.09 Å². The molecule has 0 aromatic heterocycles. The van der Waals surface area contributed by atoms with E-state index in [4.69, 9.17) is 4.74 Å². The summed E-state index contributed by atoms with van der Waals surface area (Å²) < 4.78 is 5.20. The summed E-state index contributed by atoms with van der Waals surface area (Å²) >= 11 is 4.27. The number of thiol groups is 1. The van der Waals surface area contributed by atoms with Crippen LogP contribution in [0.1, 0.15) is 40.0 Å². The van der Waals surface area contributed by atoms with Gasteiger partial charge in [-0.1, -0.05) is 0 Å². The summed E-state index contributed by atoms with van der Waals surface area (Å²) in [6.45, 7) is 5.62. The molecule has 0 aromatic carbocycles. The lowest BCUT2D eigenvalue weighted by Gasteiger charge is -2.21. The molecule has 88 valence electrons. The van der Waals surface area contributed by atoms with Crippen LogP contribution in [0.4, 0.5) is 4.79 Å². The van der Waals surface area contributed by atoms with Crippen LogP contribution in [0.25, 0.3) is 0 Å². The van der Waals surface area contributed by atoms with E-state index < -0.39 is 5.60 Å². The predicted octanol–water partition coefficient (Wildman–Crippen LogP) is 2.61. The van der Waals surface area contributed by atoms with E-state index in [1.54, 1.807) is 0 Å². The fourth-order valence-corrected chi connectivity index (χ4v) is 2.18. The first-order chi connectivity index (χ1) is 6.90. The standard InChI is InChI=1S/C11H21NO2S/c1-11(2,3)14-10(13)12-9-5-4-8(6-9)7-15/h8-9,15H,4-7H2,1-3H3,(H,12,13)/t8-,9+/m0/s1. The third-order valence-corrected chi connectivity index (χ3v) is 3.04. The zero-order valence-electron chi connectivity index (χ0n) is 9.75. The molecular weight excluding hydrogens is 210 g/mol. The third-order valence-electron chi connectivity index (χ3n) is 2.52. The average Bonchev–Trinajstić information content (AvgIpc) is 2.48. The maximum absolute atomic E-state index is 11.5. The van der Waals surface area contributed by atoms with Crippen LogP contribution in [-0.4, -0.2) is 23.5 Å². The highest BCUT2D eigenvalue weighted by Crippen LogP contribution is 2.26. The normalized spacial score (nSPS) is 26.4. The van der Waals surface area contributed by atoms with Crippen LogP contribution in [0, 0.1) is 5.92 Å². The van der Waals surface area contributed by atoms with Crippen LogP contribution in [0.5, 0.6) is 0 Å². The molecule has 0 bridgehead atoms. The van der Waals surface area contributed by atoms with Gasteiger partial charge in [-0.3, -0.25) is 0 Å². The molecule has 0 aliphatic heterocycles. The summed E-state index contributed by atoms with van der Waals surface area (Å²) in [7, 11) is 0. The zero-order chi connectivity index (χ0) is 11.5. The van der Waals surface area contributed by atoms with E-state index in [1.807, 2.05) is 20.8 Å². The monoisotopic (exact) mass is 231 g/mol. The maximum atomic E-state index is 11.5. The van der Waals surface area contributed by atoms with Gasteiger partial charge in [0.25, 0.3) is 0 Å². The number of alkyl carbamates (subject to hydrolysis) is 1. The molecular formula is C11H21NO2S. The van der Waals surface area contributed by atoms with E-state index >= 15 is 0 Å². The second kappa shape index (κ2) is 5.10. The molecule has 0 radical (unpaired) electrons. The van der Waals surface area contributed by atoms with Gasteiger partial charge in [-0.25, -0.2) is 4.79 Å². The molecule has 1 N–H and O–H groups in total. The van der Waals surface area contributed by atoms with Crippen LogP contribution < -0.4 is 5.32 Å². The lowest BCUT2D eigenvalue weighted by molar-refractivity contribution is 0.0505. The minimum absolute atomic E-state index is 0.275. The Bertz CT molecular complexity index is 225. The molecule has 1 amide bonds. The predicted molar refractivity (Wildman–Crippen MR) is 64.4 cm³/mol. The Morgan fingerprint density at radius 2 is 2.13 bits per heavy atom. The Labute approximate surface area is 97.4 Å². The lowest BCUT2D eigenvalue weighted by Crippen LogP contribution is -2.37. The van der Waals surface area contributed by atoms with Crippen molar-refractivity contribution in [1.82, 2.24) is 5.32 Å². The Kier molecular flexibility index (Phi) is 4.32. The van der Waals surface area contributed by atoms with Crippen LogP contribution >= 0.6 is 12.6 Å². The number of nitrogens with one attached hydrogen (secondary N) is 1. The van der Waals surface area contributed by atoms with Crippen molar-refractivity contribution in [3.63, 3.8) is 0 Å². The largest absolute Gasteiger partial charge is 0.444 e. The highest BCUT2D eigenvalue weighted by atomic mass is 32.1. The minimum Gasteiger partial charge on any atom is -0.444 e. The smallest absolute Gasteiger partial charge is 0.407 e. The van der Waals surface area contributed by atoms with Gasteiger partial charge in [0.15, 0.2) is 0 Å². The SMILES string of the molecule is CC(C)(C)OC(=O)N[C@@H]1CC[C@H](CS)C1. The summed E-state index contributed by atoms with van der Waals surface area (Å²) in [5.74, 6) is 1.56. The van der Waals surface area contributed by atoms with Gasteiger partial charge in [-0.2, -0.15) is 12.6 Å². The summed E-state index contributed by atoms with van der Waals surface area (Å²) in [5, 5.41) is 2.90. The first kappa shape index (κ1) is 12.7. The summed E-state index contributed by atoms with van der Waals surface area (Å²) in [5.41, 5.74) is -0.411. The summed E-state index contributed by atoms with van der Waals surface area (Å²) in [4.78, 5) is 11.5. The fraction of sp³-hybridized carbons (Fsp3) is 0.909. The fourth-order valence-electron chi connectivity index (χ4n) is 1.85. The van der Waals surface area contributed by atoms with Gasteiger partial charge in [-0.05, 0) is 51.7 Å². The van der Waals surface area contributed by atoms with Gasteiger partial charge in [0.2, 0.25) is 0 Å². The van der Waals surface area contributed by atoms with Crippen molar-refractivity contribution in [1.29, 1.82) is 0 Å². The van der Waals surface area contributed by atoms with E-state index in [1.165, 1.54) is 0 Å².